The second kappa shape index (κ2) is 10.3. The molecule has 32 heavy (non-hydrogen) atoms. The first kappa shape index (κ1) is 21.8. The van der Waals surface area contributed by atoms with Crippen molar-refractivity contribution in [3.63, 3.8) is 0 Å². The number of amides is 2. The van der Waals surface area contributed by atoms with E-state index in [4.69, 9.17) is 9.84 Å². The topological polar surface area (TPSA) is 78.9 Å². The lowest BCUT2D eigenvalue weighted by Gasteiger charge is -2.32. The molecular formula is C26H28N2O4. The molecule has 166 valence electrons. The largest absolute Gasteiger partial charge is 0.491 e. The Morgan fingerprint density at radius 1 is 1.03 bits per heavy atom. The molecule has 0 aliphatic carbocycles. The SMILES string of the molecule is O=C(NCc1ccc(OCCO)cc1)C1CCCN(C(=O)c2cccc3ccccc23)C1. The lowest BCUT2D eigenvalue weighted by atomic mass is 9.95. The van der Waals surface area contributed by atoms with Gasteiger partial charge in [0.15, 0.2) is 0 Å². The Bertz CT molecular complexity index is 1080. The highest BCUT2D eigenvalue weighted by Gasteiger charge is 2.29. The number of fused-ring (bicyclic) bond motifs is 1. The minimum atomic E-state index is -0.213. The summed E-state index contributed by atoms with van der Waals surface area (Å²) >= 11 is 0. The predicted octanol–water partition coefficient (Wildman–Crippen LogP) is 3.38. The summed E-state index contributed by atoms with van der Waals surface area (Å²) in [7, 11) is 0. The molecule has 0 radical (unpaired) electrons. The molecule has 1 heterocycles. The van der Waals surface area contributed by atoms with Crippen LogP contribution in [0.25, 0.3) is 10.8 Å². The van der Waals surface area contributed by atoms with Crippen molar-refractivity contribution in [3.05, 3.63) is 77.9 Å². The number of benzene rings is 3. The van der Waals surface area contributed by atoms with Gasteiger partial charge in [0.25, 0.3) is 5.91 Å². The molecule has 1 unspecified atom stereocenters. The maximum atomic E-state index is 13.2. The van der Waals surface area contributed by atoms with Gasteiger partial charge in [0.2, 0.25) is 5.91 Å². The number of piperidine rings is 1. The molecule has 4 rings (SSSR count). The van der Waals surface area contributed by atoms with E-state index in [1.807, 2.05) is 71.6 Å². The van der Waals surface area contributed by atoms with Crippen LogP contribution in [-0.4, -0.2) is 48.1 Å². The number of aliphatic hydroxyl groups excluding tert-OH is 1. The third-order valence-corrected chi connectivity index (χ3v) is 5.85. The second-order valence-corrected chi connectivity index (χ2v) is 8.05. The lowest BCUT2D eigenvalue weighted by Crippen LogP contribution is -2.45. The van der Waals surface area contributed by atoms with Gasteiger partial charge < -0.3 is 20.1 Å². The molecule has 2 N–H and O–H groups in total. The van der Waals surface area contributed by atoms with E-state index in [1.54, 1.807) is 0 Å². The van der Waals surface area contributed by atoms with Gasteiger partial charge in [-0.2, -0.15) is 0 Å². The third-order valence-electron chi connectivity index (χ3n) is 5.85. The molecule has 0 bridgehead atoms. The Balaban J connectivity index is 1.36. The molecule has 3 aromatic carbocycles. The van der Waals surface area contributed by atoms with E-state index < -0.39 is 0 Å². The molecule has 1 atom stereocenters. The van der Waals surface area contributed by atoms with Crippen LogP contribution in [0.15, 0.2) is 66.7 Å². The molecule has 2 amide bonds. The van der Waals surface area contributed by atoms with Gasteiger partial charge >= 0.3 is 0 Å². The smallest absolute Gasteiger partial charge is 0.254 e. The summed E-state index contributed by atoms with van der Waals surface area (Å²) in [5.41, 5.74) is 1.65. The van der Waals surface area contributed by atoms with Gasteiger partial charge in [-0.3, -0.25) is 9.59 Å². The number of carbonyl (C=O) groups is 2. The van der Waals surface area contributed by atoms with Crippen molar-refractivity contribution in [2.75, 3.05) is 26.3 Å². The Kier molecular flexibility index (Phi) is 7.02. The number of carbonyl (C=O) groups excluding carboxylic acids is 2. The quantitative estimate of drug-likeness (QED) is 0.600. The normalized spacial score (nSPS) is 16.0. The number of nitrogens with zero attached hydrogens (tertiary/aromatic N) is 1. The fraction of sp³-hybridized carbons (Fsp3) is 0.308. The average Bonchev–Trinajstić information content (AvgIpc) is 2.86. The van der Waals surface area contributed by atoms with Crippen LogP contribution in [0.3, 0.4) is 0 Å². The summed E-state index contributed by atoms with van der Waals surface area (Å²) in [5.74, 6) is 0.428. The zero-order valence-corrected chi connectivity index (χ0v) is 18.0. The molecule has 6 heteroatoms. The maximum Gasteiger partial charge on any atom is 0.254 e. The van der Waals surface area contributed by atoms with E-state index in [-0.39, 0.29) is 30.9 Å². The standard InChI is InChI=1S/C26H28N2O4/c29-15-16-32-22-12-10-19(11-13-22)17-27-25(30)21-7-4-14-28(18-21)26(31)24-9-3-6-20-5-1-2-8-23(20)24/h1-3,5-6,8-13,21,29H,4,7,14-18H2,(H,27,30). The highest BCUT2D eigenvalue weighted by atomic mass is 16.5. The van der Waals surface area contributed by atoms with Crippen LogP contribution in [-0.2, 0) is 11.3 Å². The highest BCUT2D eigenvalue weighted by Crippen LogP contribution is 2.24. The third kappa shape index (κ3) is 5.08. The van der Waals surface area contributed by atoms with E-state index >= 15 is 0 Å². The van der Waals surface area contributed by atoms with E-state index in [0.29, 0.717) is 30.9 Å². The molecule has 3 aromatic rings. The first-order chi connectivity index (χ1) is 15.7. The number of aliphatic hydroxyl groups is 1. The molecule has 1 aliphatic rings. The van der Waals surface area contributed by atoms with Crippen molar-refractivity contribution < 1.29 is 19.4 Å². The molecule has 1 fully saturated rings. The number of rotatable bonds is 7. The number of ether oxygens (including phenoxy) is 1. The molecule has 1 saturated heterocycles. The molecule has 6 nitrogen and oxygen atoms in total. The number of likely N-dealkylation sites (tertiary alicyclic amines) is 1. The van der Waals surface area contributed by atoms with Gasteiger partial charge in [-0.05, 0) is 47.4 Å². The minimum absolute atomic E-state index is 0.0160. The summed E-state index contributed by atoms with van der Waals surface area (Å²) in [5, 5.41) is 13.8. The number of hydrogen-bond donors (Lipinski definition) is 2. The molecule has 0 spiro atoms. The highest BCUT2D eigenvalue weighted by molar-refractivity contribution is 6.07. The number of nitrogens with one attached hydrogen (secondary N) is 1. The zero-order valence-electron chi connectivity index (χ0n) is 18.0. The van der Waals surface area contributed by atoms with E-state index in [1.165, 1.54) is 0 Å². The van der Waals surface area contributed by atoms with E-state index in [0.717, 1.165) is 29.2 Å². The van der Waals surface area contributed by atoms with Gasteiger partial charge in [0.1, 0.15) is 12.4 Å². The Hall–Kier alpha value is -3.38. The van der Waals surface area contributed by atoms with Crippen LogP contribution in [0.2, 0.25) is 0 Å². The van der Waals surface area contributed by atoms with Crippen molar-refractivity contribution in [2.45, 2.75) is 19.4 Å². The van der Waals surface area contributed by atoms with Crippen LogP contribution in [0.4, 0.5) is 0 Å². The lowest BCUT2D eigenvalue weighted by molar-refractivity contribution is -0.126. The van der Waals surface area contributed by atoms with Gasteiger partial charge in [0.05, 0.1) is 12.5 Å². The fourth-order valence-corrected chi connectivity index (χ4v) is 4.16. The monoisotopic (exact) mass is 432 g/mol. The summed E-state index contributed by atoms with van der Waals surface area (Å²) in [6.07, 6.45) is 1.59. The van der Waals surface area contributed by atoms with Crippen molar-refractivity contribution in [1.29, 1.82) is 0 Å². The first-order valence-electron chi connectivity index (χ1n) is 11.0. The van der Waals surface area contributed by atoms with Crippen LogP contribution >= 0.6 is 0 Å². The zero-order chi connectivity index (χ0) is 22.3. The summed E-state index contributed by atoms with van der Waals surface area (Å²) in [6, 6.07) is 21.1. The van der Waals surface area contributed by atoms with E-state index in [9.17, 15) is 9.59 Å². The average molecular weight is 433 g/mol. The van der Waals surface area contributed by atoms with Crippen LogP contribution in [0, 0.1) is 5.92 Å². The molecular weight excluding hydrogens is 404 g/mol. The Labute approximate surface area is 187 Å². The van der Waals surface area contributed by atoms with E-state index in [2.05, 4.69) is 5.32 Å². The molecule has 0 saturated carbocycles. The summed E-state index contributed by atoms with van der Waals surface area (Å²) in [6.45, 7) is 1.75. The first-order valence-corrected chi connectivity index (χ1v) is 11.0. The molecule has 0 aromatic heterocycles. The van der Waals surface area contributed by atoms with Gasteiger partial charge in [-0.15, -0.1) is 0 Å². The summed E-state index contributed by atoms with van der Waals surface area (Å²) < 4.78 is 5.35. The Morgan fingerprint density at radius 2 is 1.81 bits per heavy atom. The maximum absolute atomic E-state index is 13.2. The van der Waals surface area contributed by atoms with Crippen LogP contribution < -0.4 is 10.1 Å². The second-order valence-electron chi connectivity index (χ2n) is 8.05. The minimum Gasteiger partial charge on any atom is -0.491 e. The Morgan fingerprint density at radius 3 is 2.62 bits per heavy atom. The van der Waals surface area contributed by atoms with Crippen molar-refractivity contribution in [1.82, 2.24) is 10.2 Å². The van der Waals surface area contributed by atoms with Crippen LogP contribution in [0.1, 0.15) is 28.8 Å². The van der Waals surface area contributed by atoms with Crippen LogP contribution in [0.5, 0.6) is 5.75 Å². The number of hydrogen-bond acceptors (Lipinski definition) is 4. The summed E-state index contributed by atoms with van der Waals surface area (Å²) in [4.78, 5) is 27.8. The molecule has 1 aliphatic heterocycles. The van der Waals surface area contributed by atoms with Gasteiger partial charge in [-0.25, -0.2) is 0 Å². The van der Waals surface area contributed by atoms with Crippen molar-refractivity contribution in [2.24, 2.45) is 5.92 Å². The van der Waals surface area contributed by atoms with Crippen molar-refractivity contribution >= 4 is 22.6 Å². The van der Waals surface area contributed by atoms with Gasteiger partial charge in [0, 0.05) is 25.2 Å². The van der Waals surface area contributed by atoms with Gasteiger partial charge in [-0.1, -0.05) is 48.5 Å². The van der Waals surface area contributed by atoms with Crippen molar-refractivity contribution in [3.8, 4) is 5.75 Å². The fourth-order valence-electron chi connectivity index (χ4n) is 4.16. The predicted molar refractivity (Wildman–Crippen MR) is 123 cm³/mol.